The summed E-state index contributed by atoms with van der Waals surface area (Å²) in [6.45, 7) is 2.07. The summed E-state index contributed by atoms with van der Waals surface area (Å²) in [7, 11) is 1.76. The van der Waals surface area contributed by atoms with E-state index < -0.39 is 5.97 Å². The molecule has 0 atom stereocenters. The van der Waals surface area contributed by atoms with E-state index in [4.69, 9.17) is 27.9 Å². The van der Waals surface area contributed by atoms with E-state index in [-0.39, 0.29) is 22.9 Å². The van der Waals surface area contributed by atoms with Crippen LogP contribution < -0.4 is 4.74 Å². The Kier molecular flexibility index (Phi) is 4.75. The van der Waals surface area contributed by atoms with E-state index in [2.05, 4.69) is 5.10 Å². The predicted molar refractivity (Wildman–Crippen MR) is 80.3 cm³/mol. The smallest absolute Gasteiger partial charge is 0.341 e. The first-order valence-corrected chi connectivity index (χ1v) is 7.06. The molecule has 112 valence electrons. The zero-order valence-electron chi connectivity index (χ0n) is 11.6. The fraction of sp³-hybridized carbons (Fsp3) is 0.286. The fourth-order valence-electron chi connectivity index (χ4n) is 1.95. The number of carboxylic acid groups (broad SMARTS) is 1. The zero-order valence-corrected chi connectivity index (χ0v) is 13.1. The Hall–Kier alpha value is -1.72. The van der Waals surface area contributed by atoms with Crippen molar-refractivity contribution < 1.29 is 14.6 Å². The summed E-state index contributed by atoms with van der Waals surface area (Å²) in [4.78, 5) is 11.2. The molecule has 1 heterocycles. The summed E-state index contributed by atoms with van der Waals surface area (Å²) in [5.41, 5.74) is 1.40. The summed E-state index contributed by atoms with van der Waals surface area (Å²) < 4.78 is 7.21. The number of aromatic nitrogens is 2. The standard InChI is InChI=1S/C14H14Cl2N2O3/c1-3-9-13(16)10(18(2)17-9)7-21-11-6-4-5-8(15)12(11)14(19)20/h4-6H,3,7H2,1-2H3,(H,19,20). The second-order valence-electron chi connectivity index (χ2n) is 4.39. The van der Waals surface area contributed by atoms with E-state index in [0.29, 0.717) is 17.1 Å². The maximum Gasteiger partial charge on any atom is 0.341 e. The molecule has 21 heavy (non-hydrogen) atoms. The molecule has 0 radical (unpaired) electrons. The number of hydrogen-bond acceptors (Lipinski definition) is 3. The minimum atomic E-state index is -1.14. The lowest BCUT2D eigenvalue weighted by molar-refractivity contribution is 0.0692. The van der Waals surface area contributed by atoms with Crippen LogP contribution in [0.5, 0.6) is 5.75 Å². The van der Waals surface area contributed by atoms with E-state index in [1.54, 1.807) is 23.9 Å². The second kappa shape index (κ2) is 6.37. The van der Waals surface area contributed by atoms with Crippen LogP contribution >= 0.6 is 23.2 Å². The first kappa shape index (κ1) is 15.7. The molecule has 0 aliphatic carbocycles. The largest absolute Gasteiger partial charge is 0.486 e. The molecule has 0 saturated carbocycles. The number of carboxylic acids is 1. The average molecular weight is 329 g/mol. The molecule has 1 N–H and O–H groups in total. The van der Waals surface area contributed by atoms with Crippen molar-refractivity contribution in [3.8, 4) is 5.75 Å². The number of aryl methyl sites for hydroxylation is 2. The van der Waals surface area contributed by atoms with Crippen LogP contribution in [0.25, 0.3) is 0 Å². The SMILES string of the molecule is CCc1nn(C)c(COc2cccc(Cl)c2C(=O)O)c1Cl. The Bertz CT molecular complexity index is 683. The second-order valence-corrected chi connectivity index (χ2v) is 5.18. The number of hydrogen-bond donors (Lipinski definition) is 1. The third kappa shape index (κ3) is 3.14. The molecule has 1 aromatic carbocycles. The molecule has 5 nitrogen and oxygen atoms in total. The van der Waals surface area contributed by atoms with Crippen molar-refractivity contribution in [2.45, 2.75) is 20.0 Å². The molecule has 2 aromatic rings. The molecule has 0 unspecified atom stereocenters. The molecule has 0 aliphatic heterocycles. The van der Waals surface area contributed by atoms with Gasteiger partial charge in [-0.15, -0.1) is 0 Å². The first-order chi connectivity index (χ1) is 9.95. The van der Waals surface area contributed by atoms with Gasteiger partial charge < -0.3 is 9.84 Å². The Morgan fingerprint density at radius 3 is 2.71 bits per heavy atom. The fourth-order valence-corrected chi connectivity index (χ4v) is 2.55. The van der Waals surface area contributed by atoms with Gasteiger partial charge in [0.25, 0.3) is 0 Å². The third-order valence-electron chi connectivity index (χ3n) is 3.06. The van der Waals surface area contributed by atoms with Crippen LogP contribution in [0.15, 0.2) is 18.2 Å². The summed E-state index contributed by atoms with van der Waals surface area (Å²) in [6, 6.07) is 4.69. The van der Waals surface area contributed by atoms with E-state index in [1.165, 1.54) is 6.07 Å². The topological polar surface area (TPSA) is 64.4 Å². The number of rotatable bonds is 5. The first-order valence-electron chi connectivity index (χ1n) is 6.30. The Balaban J connectivity index is 2.27. The Labute approximate surface area is 132 Å². The van der Waals surface area contributed by atoms with Crippen LogP contribution in [0.3, 0.4) is 0 Å². The van der Waals surface area contributed by atoms with Gasteiger partial charge in [-0.1, -0.05) is 36.2 Å². The molecule has 7 heteroatoms. The monoisotopic (exact) mass is 328 g/mol. The molecule has 0 spiro atoms. The van der Waals surface area contributed by atoms with Gasteiger partial charge in [-0.05, 0) is 18.6 Å². The molecule has 0 aliphatic rings. The molecule has 0 saturated heterocycles. The van der Waals surface area contributed by atoms with Gasteiger partial charge >= 0.3 is 5.97 Å². The van der Waals surface area contributed by atoms with Crippen molar-refractivity contribution in [3.05, 3.63) is 45.2 Å². The number of carbonyl (C=O) groups is 1. The minimum Gasteiger partial charge on any atom is -0.486 e. The summed E-state index contributed by atoms with van der Waals surface area (Å²) in [6.07, 6.45) is 0.713. The summed E-state index contributed by atoms with van der Waals surface area (Å²) >= 11 is 12.1. The van der Waals surface area contributed by atoms with E-state index >= 15 is 0 Å². The predicted octanol–water partition coefficient (Wildman–Crippen LogP) is 3.57. The zero-order chi connectivity index (χ0) is 15.6. The highest BCUT2D eigenvalue weighted by atomic mass is 35.5. The molecule has 0 fully saturated rings. The average Bonchev–Trinajstić information content (AvgIpc) is 2.70. The Morgan fingerprint density at radius 2 is 2.14 bits per heavy atom. The summed E-state index contributed by atoms with van der Waals surface area (Å²) in [5.74, 6) is -0.939. The minimum absolute atomic E-state index is 0.0619. The quantitative estimate of drug-likeness (QED) is 0.911. The number of ether oxygens (including phenoxy) is 1. The molecular weight excluding hydrogens is 315 g/mol. The highest BCUT2D eigenvalue weighted by Gasteiger charge is 2.18. The van der Waals surface area contributed by atoms with Gasteiger partial charge in [0, 0.05) is 7.05 Å². The number of benzene rings is 1. The normalized spacial score (nSPS) is 10.7. The number of halogens is 2. The van der Waals surface area contributed by atoms with Gasteiger partial charge in [0.05, 0.1) is 21.4 Å². The molecule has 0 bridgehead atoms. The maximum atomic E-state index is 11.2. The van der Waals surface area contributed by atoms with Gasteiger partial charge in [0.15, 0.2) is 0 Å². The van der Waals surface area contributed by atoms with E-state index in [1.807, 2.05) is 6.92 Å². The van der Waals surface area contributed by atoms with Crippen LogP contribution in [-0.4, -0.2) is 20.9 Å². The number of nitrogens with zero attached hydrogens (tertiary/aromatic N) is 2. The van der Waals surface area contributed by atoms with Crippen molar-refractivity contribution in [2.24, 2.45) is 7.05 Å². The lowest BCUT2D eigenvalue weighted by Crippen LogP contribution is -2.07. The van der Waals surface area contributed by atoms with Crippen molar-refractivity contribution in [1.29, 1.82) is 0 Å². The Morgan fingerprint density at radius 1 is 1.43 bits per heavy atom. The van der Waals surface area contributed by atoms with Crippen LogP contribution in [0.1, 0.15) is 28.7 Å². The number of aromatic carboxylic acids is 1. The van der Waals surface area contributed by atoms with Crippen molar-refractivity contribution in [2.75, 3.05) is 0 Å². The van der Waals surface area contributed by atoms with Gasteiger partial charge in [-0.25, -0.2) is 4.79 Å². The highest BCUT2D eigenvalue weighted by Crippen LogP contribution is 2.28. The molecule has 1 aromatic heterocycles. The van der Waals surface area contributed by atoms with Crippen LogP contribution in [0, 0.1) is 0 Å². The third-order valence-corrected chi connectivity index (χ3v) is 3.81. The van der Waals surface area contributed by atoms with Crippen LogP contribution in [0.2, 0.25) is 10.0 Å². The maximum absolute atomic E-state index is 11.2. The van der Waals surface area contributed by atoms with Crippen molar-refractivity contribution in [3.63, 3.8) is 0 Å². The highest BCUT2D eigenvalue weighted by molar-refractivity contribution is 6.34. The lowest BCUT2D eigenvalue weighted by Gasteiger charge is -2.10. The van der Waals surface area contributed by atoms with Gasteiger partial charge in [0.2, 0.25) is 0 Å². The summed E-state index contributed by atoms with van der Waals surface area (Å²) in [5, 5.41) is 14.1. The molecule has 2 rings (SSSR count). The lowest BCUT2D eigenvalue weighted by atomic mass is 10.2. The van der Waals surface area contributed by atoms with Gasteiger partial charge in [0.1, 0.15) is 17.9 Å². The molecular formula is C14H14Cl2N2O3. The van der Waals surface area contributed by atoms with Crippen molar-refractivity contribution >= 4 is 29.2 Å². The van der Waals surface area contributed by atoms with Gasteiger partial charge in [-0.2, -0.15) is 5.10 Å². The van der Waals surface area contributed by atoms with Gasteiger partial charge in [-0.3, -0.25) is 4.68 Å². The van der Waals surface area contributed by atoms with E-state index in [0.717, 1.165) is 5.69 Å². The van der Waals surface area contributed by atoms with Crippen molar-refractivity contribution in [1.82, 2.24) is 9.78 Å². The van der Waals surface area contributed by atoms with Crippen LogP contribution in [0.4, 0.5) is 0 Å². The van der Waals surface area contributed by atoms with E-state index in [9.17, 15) is 9.90 Å². The van der Waals surface area contributed by atoms with Crippen LogP contribution in [-0.2, 0) is 20.1 Å². The molecule has 0 amide bonds.